The molecule has 1 fully saturated rings. The maximum Gasteiger partial charge on any atom is 0.312 e. The number of hydrogen-bond acceptors (Lipinski definition) is 2. The predicted molar refractivity (Wildman–Crippen MR) is 71.6 cm³/mol. The molecular formula is C13H15BrFNO2. The molecule has 18 heavy (non-hydrogen) atoms. The van der Waals surface area contributed by atoms with E-state index in [9.17, 15) is 9.18 Å². The highest BCUT2D eigenvalue weighted by Gasteiger charge is 2.42. The molecule has 0 atom stereocenters. The van der Waals surface area contributed by atoms with Crippen molar-refractivity contribution in [3.63, 3.8) is 0 Å². The van der Waals surface area contributed by atoms with E-state index >= 15 is 0 Å². The van der Waals surface area contributed by atoms with Crippen LogP contribution in [0.5, 0.6) is 0 Å². The lowest BCUT2D eigenvalue weighted by Crippen LogP contribution is -2.45. The van der Waals surface area contributed by atoms with Crippen LogP contribution in [0.4, 0.5) is 10.1 Å². The van der Waals surface area contributed by atoms with Crippen LogP contribution < -0.4 is 4.90 Å². The van der Waals surface area contributed by atoms with Gasteiger partial charge in [-0.1, -0.05) is 12.1 Å². The standard InChI is InChI=1S/C13H15BrFNO2/c14-10-3-1-2-4-11(10)16-7-5-13(9-15,6-8-16)12(17)18/h1-4H,5-9H2,(H,17,18). The molecule has 0 radical (unpaired) electrons. The van der Waals surface area contributed by atoms with Crippen molar-refractivity contribution in [3.05, 3.63) is 28.7 Å². The second-order valence-electron chi connectivity index (χ2n) is 4.66. The summed E-state index contributed by atoms with van der Waals surface area (Å²) in [6.45, 7) is 0.351. The summed E-state index contributed by atoms with van der Waals surface area (Å²) in [7, 11) is 0. The van der Waals surface area contributed by atoms with Crippen molar-refractivity contribution in [1.82, 2.24) is 0 Å². The molecular weight excluding hydrogens is 301 g/mol. The van der Waals surface area contributed by atoms with Crippen molar-refractivity contribution in [2.24, 2.45) is 5.41 Å². The Labute approximate surface area is 114 Å². The third kappa shape index (κ3) is 2.36. The van der Waals surface area contributed by atoms with E-state index in [1.807, 2.05) is 24.3 Å². The van der Waals surface area contributed by atoms with Crippen LogP contribution >= 0.6 is 15.9 Å². The van der Waals surface area contributed by atoms with Crippen LogP contribution in [0.1, 0.15) is 12.8 Å². The van der Waals surface area contributed by atoms with Gasteiger partial charge in [-0.15, -0.1) is 0 Å². The number of para-hydroxylation sites is 1. The normalized spacial score (nSPS) is 18.7. The maximum absolute atomic E-state index is 13.0. The summed E-state index contributed by atoms with van der Waals surface area (Å²) in [5.74, 6) is -1.02. The number of piperidine rings is 1. The average Bonchev–Trinajstić information content (AvgIpc) is 2.39. The van der Waals surface area contributed by atoms with Gasteiger partial charge in [-0.2, -0.15) is 0 Å². The molecule has 0 unspecified atom stereocenters. The SMILES string of the molecule is O=C(O)C1(CF)CCN(c2ccccc2Br)CC1. The molecule has 1 aliphatic rings. The largest absolute Gasteiger partial charge is 0.481 e. The molecule has 0 aromatic heterocycles. The van der Waals surface area contributed by atoms with Gasteiger partial charge in [0.05, 0.1) is 11.1 Å². The average molecular weight is 316 g/mol. The maximum atomic E-state index is 13.0. The Morgan fingerprint density at radius 3 is 2.50 bits per heavy atom. The Morgan fingerprint density at radius 1 is 1.39 bits per heavy atom. The molecule has 98 valence electrons. The number of hydrogen-bond donors (Lipinski definition) is 1. The first-order valence-corrected chi connectivity index (χ1v) is 6.67. The lowest BCUT2D eigenvalue weighted by Gasteiger charge is -2.38. The van der Waals surface area contributed by atoms with Crippen LogP contribution in [0, 0.1) is 5.41 Å². The second kappa shape index (κ2) is 5.26. The van der Waals surface area contributed by atoms with Crippen molar-refractivity contribution >= 4 is 27.6 Å². The number of alkyl halides is 1. The zero-order chi connectivity index (χ0) is 13.2. The third-order valence-corrected chi connectivity index (χ3v) is 4.29. The van der Waals surface area contributed by atoms with Crippen LogP contribution in [-0.4, -0.2) is 30.8 Å². The van der Waals surface area contributed by atoms with Crippen molar-refractivity contribution in [2.75, 3.05) is 24.7 Å². The van der Waals surface area contributed by atoms with E-state index in [1.165, 1.54) is 0 Å². The van der Waals surface area contributed by atoms with E-state index < -0.39 is 18.1 Å². The number of anilines is 1. The van der Waals surface area contributed by atoms with Gasteiger partial charge in [0.25, 0.3) is 0 Å². The summed E-state index contributed by atoms with van der Waals surface area (Å²) in [6, 6.07) is 7.80. The summed E-state index contributed by atoms with van der Waals surface area (Å²) < 4.78 is 14.0. The van der Waals surface area contributed by atoms with Gasteiger partial charge in [-0.25, -0.2) is 4.39 Å². The Bertz CT molecular complexity index is 444. The van der Waals surface area contributed by atoms with Gasteiger partial charge < -0.3 is 10.0 Å². The predicted octanol–water partition coefficient (Wildman–Crippen LogP) is 3.09. The minimum atomic E-state index is -1.18. The van der Waals surface area contributed by atoms with Gasteiger partial charge in [0.2, 0.25) is 0 Å². The number of nitrogens with zero attached hydrogens (tertiary/aromatic N) is 1. The van der Waals surface area contributed by atoms with E-state index in [1.54, 1.807) is 0 Å². The summed E-state index contributed by atoms with van der Waals surface area (Å²) in [6.07, 6.45) is 0.695. The van der Waals surface area contributed by atoms with Gasteiger partial charge in [-0.05, 0) is 40.9 Å². The highest BCUT2D eigenvalue weighted by Crippen LogP contribution is 2.36. The minimum Gasteiger partial charge on any atom is -0.481 e. The molecule has 1 aliphatic heterocycles. The van der Waals surface area contributed by atoms with Crippen LogP contribution in [0.25, 0.3) is 0 Å². The number of aliphatic carboxylic acids is 1. The van der Waals surface area contributed by atoms with Crippen LogP contribution in [0.3, 0.4) is 0 Å². The van der Waals surface area contributed by atoms with Gasteiger partial charge in [0, 0.05) is 17.6 Å². The number of halogens is 2. The number of carboxylic acids is 1. The van der Waals surface area contributed by atoms with Crippen LogP contribution in [-0.2, 0) is 4.79 Å². The van der Waals surface area contributed by atoms with Crippen molar-refractivity contribution in [3.8, 4) is 0 Å². The lowest BCUT2D eigenvalue weighted by molar-refractivity contribution is -0.151. The quantitative estimate of drug-likeness (QED) is 0.931. The fourth-order valence-corrected chi connectivity index (χ4v) is 2.82. The van der Waals surface area contributed by atoms with E-state index in [0.29, 0.717) is 25.9 Å². The first-order valence-electron chi connectivity index (χ1n) is 5.88. The number of benzene rings is 1. The Hall–Kier alpha value is -1.10. The van der Waals surface area contributed by atoms with Crippen LogP contribution in [0.15, 0.2) is 28.7 Å². The molecule has 0 bridgehead atoms. The number of carboxylic acid groups (broad SMARTS) is 1. The van der Waals surface area contributed by atoms with Crippen LogP contribution in [0.2, 0.25) is 0 Å². The molecule has 2 rings (SSSR count). The highest BCUT2D eigenvalue weighted by molar-refractivity contribution is 9.10. The zero-order valence-corrected chi connectivity index (χ0v) is 11.5. The second-order valence-corrected chi connectivity index (χ2v) is 5.51. The summed E-state index contributed by atoms with van der Waals surface area (Å²) in [5, 5.41) is 9.13. The fraction of sp³-hybridized carbons (Fsp3) is 0.462. The molecule has 1 saturated heterocycles. The van der Waals surface area contributed by atoms with E-state index in [4.69, 9.17) is 5.11 Å². The molecule has 0 amide bonds. The highest BCUT2D eigenvalue weighted by atomic mass is 79.9. The number of carbonyl (C=O) groups is 1. The fourth-order valence-electron chi connectivity index (χ4n) is 2.29. The first kappa shape index (κ1) is 13.3. The van der Waals surface area contributed by atoms with Crippen molar-refractivity contribution in [1.29, 1.82) is 0 Å². The Morgan fingerprint density at radius 2 is 2.00 bits per heavy atom. The lowest BCUT2D eigenvalue weighted by atomic mass is 9.79. The zero-order valence-electron chi connectivity index (χ0n) is 9.90. The summed E-state index contributed by atoms with van der Waals surface area (Å²) in [5.41, 5.74) is -0.145. The topological polar surface area (TPSA) is 40.5 Å². The van der Waals surface area contributed by atoms with Crippen molar-refractivity contribution in [2.45, 2.75) is 12.8 Å². The van der Waals surface area contributed by atoms with E-state index in [2.05, 4.69) is 20.8 Å². The molecule has 0 aliphatic carbocycles. The van der Waals surface area contributed by atoms with Crippen molar-refractivity contribution < 1.29 is 14.3 Å². The minimum absolute atomic E-state index is 0.347. The molecule has 1 aromatic rings. The van der Waals surface area contributed by atoms with E-state index in [-0.39, 0.29) is 0 Å². The molecule has 0 saturated carbocycles. The molecule has 1 aromatic carbocycles. The smallest absolute Gasteiger partial charge is 0.312 e. The Balaban J connectivity index is 2.11. The summed E-state index contributed by atoms with van der Waals surface area (Å²) in [4.78, 5) is 13.2. The first-order chi connectivity index (χ1) is 8.59. The van der Waals surface area contributed by atoms with Gasteiger partial charge in [-0.3, -0.25) is 4.79 Å². The summed E-state index contributed by atoms with van der Waals surface area (Å²) >= 11 is 3.47. The third-order valence-electron chi connectivity index (χ3n) is 3.62. The monoisotopic (exact) mass is 315 g/mol. The molecule has 5 heteroatoms. The van der Waals surface area contributed by atoms with Gasteiger partial charge in [0.15, 0.2) is 0 Å². The number of rotatable bonds is 3. The molecule has 1 heterocycles. The van der Waals surface area contributed by atoms with E-state index in [0.717, 1.165) is 10.2 Å². The van der Waals surface area contributed by atoms with Gasteiger partial charge in [0.1, 0.15) is 6.67 Å². The molecule has 1 N–H and O–H groups in total. The molecule has 0 spiro atoms. The van der Waals surface area contributed by atoms with Gasteiger partial charge >= 0.3 is 5.97 Å². The molecule has 3 nitrogen and oxygen atoms in total. The Kier molecular flexibility index (Phi) is 3.90.